The van der Waals surface area contributed by atoms with Crippen LogP contribution in [0, 0.1) is 5.92 Å². The van der Waals surface area contributed by atoms with Crippen LogP contribution in [0.2, 0.25) is 0 Å². The van der Waals surface area contributed by atoms with E-state index in [9.17, 15) is 0 Å². The number of aliphatic imine (C=N–C) groups is 1. The van der Waals surface area contributed by atoms with Gasteiger partial charge < -0.3 is 20.5 Å². The van der Waals surface area contributed by atoms with Gasteiger partial charge in [-0.25, -0.2) is 4.99 Å². The molecule has 0 spiro atoms. The lowest BCUT2D eigenvalue weighted by Crippen LogP contribution is -2.22. The lowest BCUT2D eigenvalue weighted by molar-refractivity contribution is 0.271. The third-order valence-corrected chi connectivity index (χ3v) is 3.30. The minimum atomic E-state index is 0.375. The third kappa shape index (κ3) is 5.83. The van der Waals surface area contributed by atoms with Gasteiger partial charge in [0.05, 0.1) is 20.3 Å². The summed E-state index contributed by atoms with van der Waals surface area (Å²) < 4.78 is 10.8. The van der Waals surface area contributed by atoms with Crippen LogP contribution in [0.25, 0.3) is 0 Å². The standard InChI is InChI=1S/C19H25N3O2/c1-14(2)13-24-18-8-4-15(5-9-18)12-21-19(20)22-16-6-10-17(23-3)11-7-16/h4-11,14H,12-13H2,1-3H3,(H3,20,21,22). The maximum atomic E-state index is 5.92. The number of ether oxygens (including phenoxy) is 2. The molecule has 2 rings (SSSR count). The molecular weight excluding hydrogens is 302 g/mol. The number of nitrogens with two attached hydrogens (primary N) is 1. The first-order valence-electron chi connectivity index (χ1n) is 7.99. The topological polar surface area (TPSA) is 68.9 Å². The number of hydrogen-bond acceptors (Lipinski definition) is 3. The molecule has 24 heavy (non-hydrogen) atoms. The summed E-state index contributed by atoms with van der Waals surface area (Å²) in [7, 11) is 1.64. The molecule has 2 aromatic rings. The van der Waals surface area contributed by atoms with E-state index in [4.69, 9.17) is 15.2 Å². The quantitative estimate of drug-likeness (QED) is 0.601. The number of hydrogen-bond donors (Lipinski definition) is 2. The second kappa shape index (κ2) is 8.82. The summed E-state index contributed by atoms with van der Waals surface area (Å²) in [5.41, 5.74) is 7.86. The minimum absolute atomic E-state index is 0.375. The second-order valence-corrected chi connectivity index (χ2v) is 5.90. The average Bonchev–Trinajstić information content (AvgIpc) is 2.59. The van der Waals surface area contributed by atoms with Crippen LogP contribution in [0.4, 0.5) is 5.69 Å². The van der Waals surface area contributed by atoms with Gasteiger partial charge in [-0.2, -0.15) is 0 Å². The number of guanidine groups is 1. The Bertz CT molecular complexity index is 649. The van der Waals surface area contributed by atoms with Crippen molar-refractivity contribution in [1.82, 2.24) is 0 Å². The zero-order valence-electron chi connectivity index (χ0n) is 14.5. The molecule has 0 heterocycles. The summed E-state index contributed by atoms with van der Waals surface area (Å²) in [6.07, 6.45) is 0. The maximum Gasteiger partial charge on any atom is 0.193 e. The lowest BCUT2D eigenvalue weighted by Gasteiger charge is -2.09. The van der Waals surface area contributed by atoms with Gasteiger partial charge >= 0.3 is 0 Å². The first-order valence-corrected chi connectivity index (χ1v) is 7.99. The Kier molecular flexibility index (Phi) is 6.49. The number of methoxy groups -OCH3 is 1. The van der Waals surface area contributed by atoms with E-state index in [-0.39, 0.29) is 0 Å². The maximum absolute atomic E-state index is 5.92. The molecule has 0 unspecified atom stereocenters. The van der Waals surface area contributed by atoms with Gasteiger partial charge in [0.15, 0.2) is 5.96 Å². The highest BCUT2D eigenvalue weighted by atomic mass is 16.5. The van der Waals surface area contributed by atoms with Crippen LogP contribution in [0.15, 0.2) is 53.5 Å². The van der Waals surface area contributed by atoms with E-state index in [0.29, 0.717) is 18.4 Å². The highest BCUT2D eigenvalue weighted by Crippen LogP contribution is 2.15. The zero-order chi connectivity index (χ0) is 17.4. The third-order valence-electron chi connectivity index (χ3n) is 3.30. The average molecular weight is 327 g/mol. The van der Waals surface area contributed by atoms with E-state index in [2.05, 4.69) is 24.2 Å². The fourth-order valence-electron chi connectivity index (χ4n) is 1.99. The molecule has 0 aromatic heterocycles. The Balaban J connectivity index is 1.86. The number of benzene rings is 2. The molecule has 128 valence electrons. The summed E-state index contributed by atoms with van der Waals surface area (Å²) in [6, 6.07) is 15.4. The van der Waals surface area contributed by atoms with Gasteiger partial charge in [-0.15, -0.1) is 0 Å². The summed E-state index contributed by atoms with van der Waals surface area (Å²) in [5, 5.41) is 3.06. The number of nitrogens with one attached hydrogen (secondary N) is 1. The van der Waals surface area contributed by atoms with Crippen LogP contribution in [-0.4, -0.2) is 19.7 Å². The van der Waals surface area contributed by atoms with E-state index in [1.807, 2.05) is 48.5 Å². The van der Waals surface area contributed by atoms with Gasteiger partial charge in [0.2, 0.25) is 0 Å². The molecule has 0 saturated heterocycles. The van der Waals surface area contributed by atoms with E-state index in [1.54, 1.807) is 7.11 Å². The Morgan fingerprint density at radius 3 is 2.25 bits per heavy atom. The molecule has 0 aliphatic carbocycles. The molecule has 0 atom stereocenters. The Labute approximate surface area is 143 Å². The number of anilines is 1. The lowest BCUT2D eigenvalue weighted by atomic mass is 10.2. The largest absolute Gasteiger partial charge is 0.497 e. The van der Waals surface area contributed by atoms with E-state index in [0.717, 1.165) is 29.4 Å². The van der Waals surface area contributed by atoms with Crippen LogP contribution in [0.3, 0.4) is 0 Å². The van der Waals surface area contributed by atoms with Gasteiger partial charge in [0.1, 0.15) is 11.5 Å². The first kappa shape index (κ1) is 17.7. The molecule has 0 bridgehead atoms. The summed E-state index contributed by atoms with van der Waals surface area (Å²) >= 11 is 0. The van der Waals surface area contributed by atoms with Gasteiger partial charge in [0.25, 0.3) is 0 Å². The summed E-state index contributed by atoms with van der Waals surface area (Å²) in [4.78, 5) is 4.35. The van der Waals surface area contributed by atoms with E-state index in [1.165, 1.54) is 0 Å². The second-order valence-electron chi connectivity index (χ2n) is 5.90. The molecule has 0 amide bonds. The smallest absolute Gasteiger partial charge is 0.193 e. The van der Waals surface area contributed by atoms with Crippen molar-refractivity contribution in [2.45, 2.75) is 20.4 Å². The van der Waals surface area contributed by atoms with Crippen molar-refractivity contribution >= 4 is 11.6 Å². The molecule has 0 fully saturated rings. The van der Waals surface area contributed by atoms with Gasteiger partial charge in [-0.1, -0.05) is 26.0 Å². The SMILES string of the molecule is COc1ccc(NC(N)=NCc2ccc(OCC(C)C)cc2)cc1. The monoisotopic (exact) mass is 327 g/mol. The van der Waals surface area contributed by atoms with Crippen molar-refractivity contribution < 1.29 is 9.47 Å². The van der Waals surface area contributed by atoms with Crippen LogP contribution in [0.1, 0.15) is 19.4 Å². The Morgan fingerprint density at radius 2 is 1.67 bits per heavy atom. The molecular formula is C19H25N3O2. The van der Waals surface area contributed by atoms with Crippen molar-refractivity contribution in [2.24, 2.45) is 16.6 Å². The molecule has 0 saturated carbocycles. The van der Waals surface area contributed by atoms with Crippen molar-refractivity contribution in [3.8, 4) is 11.5 Å². The molecule has 3 N–H and O–H groups in total. The predicted octanol–water partition coefficient (Wildman–Crippen LogP) is 3.66. The van der Waals surface area contributed by atoms with Gasteiger partial charge in [0, 0.05) is 5.69 Å². The Hall–Kier alpha value is -2.69. The van der Waals surface area contributed by atoms with Crippen LogP contribution >= 0.6 is 0 Å². The first-order chi connectivity index (χ1) is 11.6. The molecule has 5 nitrogen and oxygen atoms in total. The van der Waals surface area contributed by atoms with Crippen molar-refractivity contribution in [2.75, 3.05) is 19.0 Å². The van der Waals surface area contributed by atoms with E-state index >= 15 is 0 Å². The van der Waals surface area contributed by atoms with Crippen molar-refractivity contribution in [3.05, 3.63) is 54.1 Å². The fraction of sp³-hybridized carbons (Fsp3) is 0.316. The predicted molar refractivity (Wildman–Crippen MR) is 98.7 cm³/mol. The Morgan fingerprint density at radius 1 is 1.04 bits per heavy atom. The number of nitrogens with zero attached hydrogens (tertiary/aromatic N) is 1. The van der Waals surface area contributed by atoms with E-state index < -0.39 is 0 Å². The normalized spacial score (nSPS) is 11.4. The van der Waals surface area contributed by atoms with Crippen LogP contribution < -0.4 is 20.5 Å². The highest BCUT2D eigenvalue weighted by Gasteiger charge is 1.99. The van der Waals surface area contributed by atoms with Gasteiger partial charge in [-0.3, -0.25) is 0 Å². The molecule has 2 aromatic carbocycles. The number of rotatable bonds is 7. The van der Waals surface area contributed by atoms with Crippen LogP contribution in [-0.2, 0) is 6.54 Å². The van der Waals surface area contributed by atoms with Crippen LogP contribution in [0.5, 0.6) is 11.5 Å². The summed E-state index contributed by atoms with van der Waals surface area (Å²) in [5.74, 6) is 2.56. The molecule has 0 aliphatic rings. The molecule has 0 aliphatic heterocycles. The fourth-order valence-corrected chi connectivity index (χ4v) is 1.99. The van der Waals surface area contributed by atoms with Crippen molar-refractivity contribution in [1.29, 1.82) is 0 Å². The molecule has 0 radical (unpaired) electrons. The van der Waals surface area contributed by atoms with Crippen molar-refractivity contribution in [3.63, 3.8) is 0 Å². The minimum Gasteiger partial charge on any atom is -0.497 e. The zero-order valence-corrected chi connectivity index (χ0v) is 14.5. The summed E-state index contributed by atoms with van der Waals surface area (Å²) in [6.45, 7) is 5.49. The van der Waals surface area contributed by atoms with Gasteiger partial charge in [-0.05, 0) is 47.9 Å². The highest BCUT2D eigenvalue weighted by molar-refractivity contribution is 5.92. The molecule has 5 heteroatoms.